The Hall–Kier alpha value is -2.71. The molecule has 0 aliphatic carbocycles. The maximum Gasteiger partial charge on any atom is 0.262 e. The van der Waals surface area contributed by atoms with Crippen molar-refractivity contribution in [2.75, 3.05) is 36.5 Å². The highest BCUT2D eigenvalue weighted by Crippen LogP contribution is 2.19. The molecule has 1 aliphatic heterocycles. The van der Waals surface area contributed by atoms with Gasteiger partial charge in [0.25, 0.3) is 5.56 Å². The second-order valence-corrected chi connectivity index (χ2v) is 6.91. The summed E-state index contributed by atoms with van der Waals surface area (Å²) in [5.41, 5.74) is 1.60. The Morgan fingerprint density at radius 1 is 1.19 bits per heavy atom. The van der Waals surface area contributed by atoms with E-state index in [9.17, 15) is 9.59 Å². The van der Waals surface area contributed by atoms with Crippen LogP contribution in [0.25, 0.3) is 10.2 Å². The van der Waals surface area contributed by atoms with Crippen molar-refractivity contribution in [3.8, 4) is 0 Å². The van der Waals surface area contributed by atoms with Gasteiger partial charge in [-0.3, -0.25) is 14.2 Å². The first-order valence-electron chi connectivity index (χ1n) is 8.36. The van der Waals surface area contributed by atoms with Crippen LogP contribution in [0.4, 0.5) is 11.4 Å². The van der Waals surface area contributed by atoms with Crippen molar-refractivity contribution in [2.45, 2.75) is 6.54 Å². The Labute approximate surface area is 153 Å². The molecule has 0 spiro atoms. The molecule has 3 aromatic rings. The monoisotopic (exact) mass is 370 g/mol. The summed E-state index contributed by atoms with van der Waals surface area (Å²) in [6, 6.07) is 9.42. The molecule has 1 amide bonds. The van der Waals surface area contributed by atoms with E-state index < -0.39 is 0 Å². The van der Waals surface area contributed by atoms with E-state index in [1.807, 2.05) is 29.6 Å². The van der Waals surface area contributed by atoms with E-state index in [1.54, 1.807) is 6.07 Å². The number of rotatable bonds is 4. The van der Waals surface area contributed by atoms with Crippen LogP contribution >= 0.6 is 11.3 Å². The molecule has 0 bridgehead atoms. The molecule has 1 aliphatic rings. The maximum atomic E-state index is 12.3. The minimum Gasteiger partial charge on any atom is -0.378 e. The first kappa shape index (κ1) is 16.7. The summed E-state index contributed by atoms with van der Waals surface area (Å²) in [6.45, 7) is 3.13. The van der Waals surface area contributed by atoms with Crippen LogP contribution in [0.1, 0.15) is 0 Å². The van der Waals surface area contributed by atoms with Gasteiger partial charge < -0.3 is 15.0 Å². The summed E-state index contributed by atoms with van der Waals surface area (Å²) in [4.78, 5) is 31.7. The van der Waals surface area contributed by atoms with Gasteiger partial charge in [0.15, 0.2) is 0 Å². The summed E-state index contributed by atoms with van der Waals surface area (Å²) >= 11 is 1.41. The third-order valence-corrected chi connectivity index (χ3v) is 5.11. The van der Waals surface area contributed by atoms with Crippen LogP contribution in [0.2, 0.25) is 0 Å². The van der Waals surface area contributed by atoms with Crippen molar-refractivity contribution < 1.29 is 9.53 Å². The normalized spacial score (nSPS) is 14.5. The number of ether oxygens (including phenoxy) is 1. The van der Waals surface area contributed by atoms with Crippen molar-refractivity contribution in [1.29, 1.82) is 0 Å². The van der Waals surface area contributed by atoms with E-state index in [0.717, 1.165) is 32.0 Å². The summed E-state index contributed by atoms with van der Waals surface area (Å²) in [7, 11) is 0. The second-order valence-electron chi connectivity index (χ2n) is 6.01. The minimum atomic E-state index is -0.261. The zero-order valence-electron chi connectivity index (χ0n) is 14.1. The predicted molar refractivity (Wildman–Crippen MR) is 102 cm³/mol. The molecule has 26 heavy (non-hydrogen) atoms. The van der Waals surface area contributed by atoms with E-state index >= 15 is 0 Å². The third-order valence-electron chi connectivity index (χ3n) is 4.29. The molecule has 0 saturated carbocycles. The molecule has 7 nitrogen and oxygen atoms in total. The highest BCUT2D eigenvalue weighted by Gasteiger charge is 2.12. The molecule has 4 rings (SSSR count). The fraction of sp³-hybridized carbons (Fsp3) is 0.278. The zero-order chi connectivity index (χ0) is 17.9. The number of fused-ring (bicyclic) bond motifs is 1. The number of benzene rings is 1. The number of anilines is 2. The van der Waals surface area contributed by atoms with Crippen LogP contribution in [0, 0.1) is 0 Å². The molecule has 2 aromatic heterocycles. The Morgan fingerprint density at radius 2 is 1.96 bits per heavy atom. The molecule has 0 atom stereocenters. The van der Waals surface area contributed by atoms with Crippen LogP contribution < -0.4 is 15.8 Å². The largest absolute Gasteiger partial charge is 0.378 e. The lowest BCUT2D eigenvalue weighted by Crippen LogP contribution is -2.36. The maximum absolute atomic E-state index is 12.3. The predicted octanol–water partition coefficient (Wildman–Crippen LogP) is 1.93. The summed E-state index contributed by atoms with van der Waals surface area (Å²) in [5, 5.41) is 5.18. The van der Waals surface area contributed by atoms with Gasteiger partial charge in [0.1, 0.15) is 11.4 Å². The van der Waals surface area contributed by atoms with E-state index in [1.165, 1.54) is 22.2 Å². The van der Waals surface area contributed by atoms with Gasteiger partial charge in [0.2, 0.25) is 5.91 Å². The summed E-state index contributed by atoms with van der Waals surface area (Å²) in [6.07, 6.45) is 1.42. The number of nitrogens with zero attached hydrogens (tertiary/aromatic N) is 3. The molecule has 0 radical (unpaired) electrons. The van der Waals surface area contributed by atoms with Crippen molar-refractivity contribution in [1.82, 2.24) is 9.55 Å². The Kier molecular flexibility index (Phi) is 4.68. The van der Waals surface area contributed by atoms with E-state index in [2.05, 4.69) is 15.2 Å². The van der Waals surface area contributed by atoms with Crippen LogP contribution in [-0.2, 0) is 16.1 Å². The van der Waals surface area contributed by atoms with Crippen molar-refractivity contribution in [2.24, 2.45) is 0 Å². The highest BCUT2D eigenvalue weighted by molar-refractivity contribution is 7.16. The van der Waals surface area contributed by atoms with Gasteiger partial charge in [-0.2, -0.15) is 0 Å². The molecular formula is C18H18N4O3S. The lowest BCUT2D eigenvalue weighted by atomic mass is 10.2. The van der Waals surface area contributed by atoms with Gasteiger partial charge in [-0.25, -0.2) is 4.98 Å². The average Bonchev–Trinajstić information content (AvgIpc) is 3.15. The molecule has 134 valence electrons. The van der Waals surface area contributed by atoms with Crippen LogP contribution in [0.15, 0.2) is 46.8 Å². The number of aromatic nitrogens is 2. The number of carbonyl (C=O) groups excluding carboxylic acids is 1. The van der Waals surface area contributed by atoms with Crippen LogP contribution in [0.5, 0.6) is 0 Å². The Morgan fingerprint density at radius 3 is 2.73 bits per heavy atom. The fourth-order valence-corrected chi connectivity index (χ4v) is 3.66. The minimum absolute atomic E-state index is 0.0666. The third kappa shape index (κ3) is 3.47. The average molecular weight is 370 g/mol. The molecule has 0 unspecified atom stereocenters. The van der Waals surface area contributed by atoms with Gasteiger partial charge in [0.05, 0.1) is 24.9 Å². The number of hydrogen-bond donors (Lipinski definition) is 1. The number of hydrogen-bond acceptors (Lipinski definition) is 6. The second kappa shape index (κ2) is 7.27. The van der Waals surface area contributed by atoms with Crippen LogP contribution in [-0.4, -0.2) is 41.8 Å². The van der Waals surface area contributed by atoms with Gasteiger partial charge in [0, 0.05) is 24.5 Å². The van der Waals surface area contributed by atoms with E-state index in [4.69, 9.17) is 4.74 Å². The molecule has 1 fully saturated rings. The lowest BCUT2D eigenvalue weighted by Gasteiger charge is -2.28. The van der Waals surface area contributed by atoms with Gasteiger partial charge in [-0.1, -0.05) is 0 Å². The topological polar surface area (TPSA) is 76.5 Å². The SMILES string of the molecule is O=C(Cn1cnc2sccc2c1=O)Nc1ccc(N2CCOCC2)cc1. The first-order valence-corrected chi connectivity index (χ1v) is 9.24. The number of morpholine rings is 1. The summed E-state index contributed by atoms with van der Waals surface area (Å²) in [5.74, 6) is -0.261. The molecule has 1 aromatic carbocycles. The van der Waals surface area contributed by atoms with Crippen molar-refractivity contribution >= 4 is 38.8 Å². The van der Waals surface area contributed by atoms with Gasteiger partial charge >= 0.3 is 0 Å². The summed E-state index contributed by atoms with van der Waals surface area (Å²) < 4.78 is 6.68. The van der Waals surface area contributed by atoms with E-state index in [-0.39, 0.29) is 18.0 Å². The van der Waals surface area contributed by atoms with Gasteiger partial charge in [-0.05, 0) is 35.7 Å². The fourth-order valence-electron chi connectivity index (χ4n) is 2.94. The Bertz CT molecular complexity index is 974. The molecule has 1 N–H and O–H groups in total. The van der Waals surface area contributed by atoms with E-state index in [0.29, 0.717) is 15.9 Å². The molecule has 8 heteroatoms. The van der Waals surface area contributed by atoms with Crippen LogP contribution in [0.3, 0.4) is 0 Å². The number of thiophene rings is 1. The standard InChI is InChI=1S/C18H18N4O3S/c23-16(11-22-12-19-17-15(18(22)24)5-10-26-17)20-13-1-3-14(4-2-13)21-6-8-25-9-7-21/h1-5,10,12H,6-9,11H2,(H,20,23). The number of nitrogens with one attached hydrogen (secondary N) is 1. The zero-order valence-corrected chi connectivity index (χ0v) is 14.9. The smallest absolute Gasteiger partial charge is 0.262 e. The van der Waals surface area contributed by atoms with Crippen molar-refractivity contribution in [3.05, 3.63) is 52.4 Å². The quantitative estimate of drug-likeness (QED) is 0.759. The number of carbonyl (C=O) groups is 1. The van der Waals surface area contributed by atoms with Gasteiger partial charge in [-0.15, -0.1) is 11.3 Å². The Balaban J connectivity index is 1.42. The lowest BCUT2D eigenvalue weighted by molar-refractivity contribution is -0.116. The molecular weight excluding hydrogens is 352 g/mol. The first-order chi connectivity index (χ1) is 12.7. The molecule has 3 heterocycles. The van der Waals surface area contributed by atoms with Crippen molar-refractivity contribution in [3.63, 3.8) is 0 Å². The highest BCUT2D eigenvalue weighted by atomic mass is 32.1. The molecule has 1 saturated heterocycles. The number of amides is 1.